The van der Waals surface area contributed by atoms with Gasteiger partial charge < -0.3 is 14.5 Å². The topological polar surface area (TPSA) is 66.2 Å². The molecule has 0 aliphatic rings. The average Bonchev–Trinajstić information content (AvgIpc) is 3.10. The van der Waals surface area contributed by atoms with Crippen LogP contribution in [0, 0.1) is 0 Å². The molecule has 0 aliphatic carbocycles. The van der Waals surface area contributed by atoms with E-state index in [1.54, 1.807) is 24.7 Å². The van der Waals surface area contributed by atoms with Gasteiger partial charge in [0.15, 0.2) is 0 Å². The molecule has 0 aliphatic heterocycles. The van der Waals surface area contributed by atoms with Gasteiger partial charge >= 0.3 is 0 Å². The number of hydrogen-bond donors (Lipinski definition) is 2. The van der Waals surface area contributed by atoms with Crippen LogP contribution in [0.1, 0.15) is 11.1 Å². The van der Waals surface area contributed by atoms with Gasteiger partial charge in [-0.1, -0.05) is 30.3 Å². The second kappa shape index (κ2) is 5.74. The van der Waals surface area contributed by atoms with E-state index in [0.717, 1.165) is 22.1 Å². The van der Waals surface area contributed by atoms with Crippen LogP contribution >= 0.6 is 0 Å². The zero-order valence-corrected chi connectivity index (χ0v) is 12.8. The molecule has 4 rings (SSSR count). The van der Waals surface area contributed by atoms with Gasteiger partial charge in [-0.15, -0.1) is 0 Å². The number of furan rings is 1. The van der Waals surface area contributed by atoms with Gasteiger partial charge in [-0.3, -0.25) is 4.79 Å². The molecule has 2 N–H and O–H groups in total. The highest BCUT2D eigenvalue weighted by Crippen LogP contribution is 2.32. The monoisotopic (exact) mass is 317 g/mol. The Labute approximate surface area is 138 Å². The van der Waals surface area contributed by atoms with Crippen molar-refractivity contribution >= 4 is 10.9 Å². The Kier molecular flexibility index (Phi) is 3.43. The number of aromatic amines is 1. The van der Waals surface area contributed by atoms with Crippen LogP contribution in [0.5, 0.6) is 5.75 Å². The van der Waals surface area contributed by atoms with Crippen LogP contribution in [0.25, 0.3) is 22.0 Å². The lowest BCUT2D eigenvalue weighted by molar-refractivity contribution is 0.476. The maximum atomic E-state index is 12.7. The molecule has 0 unspecified atom stereocenters. The van der Waals surface area contributed by atoms with Gasteiger partial charge in [0.1, 0.15) is 5.75 Å². The fraction of sp³-hybridized carbons (Fsp3) is 0.0500. The summed E-state index contributed by atoms with van der Waals surface area (Å²) in [6, 6.07) is 16.7. The number of pyridine rings is 1. The molecule has 0 atom stereocenters. The van der Waals surface area contributed by atoms with E-state index >= 15 is 0 Å². The first-order valence-electron chi connectivity index (χ1n) is 7.67. The Bertz CT molecular complexity index is 1050. The molecule has 4 heteroatoms. The molecule has 0 spiro atoms. The van der Waals surface area contributed by atoms with E-state index in [4.69, 9.17) is 4.42 Å². The highest BCUT2D eigenvalue weighted by molar-refractivity contribution is 5.96. The minimum absolute atomic E-state index is 0.118. The van der Waals surface area contributed by atoms with Gasteiger partial charge in [0.05, 0.1) is 18.0 Å². The zero-order chi connectivity index (χ0) is 16.5. The number of rotatable bonds is 3. The van der Waals surface area contributed by atoms with Crippen molar-refractivity contribution in [2.24, 2.45) is 0 Å². The molecule has 24 heavy (non-hydrogen) atoms. The van der Waals surface area contributed by atoms with Crippen molar-refractivity contribution in [1.82, 2.24) is 4.98 Å². The number of aromatic nitrogens is 1. The number of phenolic OH excluding ortho intramolecular Hbond substituents is 1. The Hall–Kier alpha value is -3.27. The van der Waals surface area contributed by atoms with Crippen LogP contribution in [-0.2, 0) is 6.42 Å². The second-order valence-corrected chi connectivity index (χ2v) is 5.71. The van der Waals surface area contributed by atoms with Gasteiger partial charge in [0.25, 0.3) is 5.56 Å². The zero-order valence-electron chi connectivity index (χ0n) is 12.8. The summed E-state index contributed by atoms with van der Waals surface area (Å²) in [4.78, 5) is 15.6. The number of nitrogens with one attached hydrogen (secondary N) is 1. The first kappa shape index (κ1) is 14.3. The minimum atomic E-state index is -0.159. The van der Waals surface area contributed by atoms with Gasteiger partial charge in [-0.05, 0) is 23.8 Å². The molecule has 0 bridgehead atoms. The fourth-order valence-corrected chi connectivity index (χ4v) is 3.03. The van der Waals surface area contributed by atoms with Gasteiger partial charge in [-0.25, -0.2) is 0 Å². The van der Waals surface area contributed by atoms with Crippen molar-refractivity contribution in [1.29, 1.82) is 0 Å². The van der Waals surface area contributed by atoms with Crippen molar-refractivity contribution in [2.75, 3.05) is 0 Å². The van der Waals surface area contributed by atoms with E-state index in [0.29, 0.717) is 17.5 Å². The second-order valence-electron chi connectivity index (χ2n) is 5.71. The summed E-state index contributed by atoms with van der Waals surface area (Å²) in [6.07, 6.45) is 3.75. The number of benzene rings is 2. The van der Waals surface area contributed by atoms with Crippen LogP contribution in [-0.4, -0.2) is 10.1 Å². The Morgan fingerprint density at radius 3 is 2.62 bits per heavy atom. The van der Waals surface area contributed by atoms with Gasteiger partial charge in [-0.2, -0.15) is 0 Å². The van der Waals surface area contributed by atoms with Crippen LogP contribution in [0.15, 0.2) is 76.3 Å². The van der Waals surface area contributed by atoms with Crippen molar-refractivity contribution < 1.29 is 9.52 Å². The van der Waals surface area contributed by atoms with E-state index in [1.807, 2.05) is 42.5 Å². The van der Waals surface area contributed by atoms with Gasteiger partial charge in [0.2, 0.25) is 0 Å². The molecule has 4 aromatic rings. The normalized spacial score (nSPS) is 11.0. The van der Waals surface area contributed by atoms with Crippen molar-refractivity contribution in [3.63, 3.8) is 0 Å². The predicted octanol–water partition coefficient (Wildman–Crippen LogP) is 4.08. The Morgan fingerprint density at radius 2 is 1.88 bits per heavy atom. The Balaban J connectivity index is 2.01. The molecular weight excluding hydrogens is 302 g/mol. The summed E-state index contributed by atoms with van der Waals surface area (Å²) >= 11 is 0. The maximum absolute atomic E-state index is 12.7. The summed E-state index contributed by atoms with van der Waals surface area (Å²) in [7, 11) is 0. The molecule has 2 aromatic carbocycles. The first-order chi connectivity index (χ1) is 11.7. The quantitative estimate of drug-likeness (QED) is 0.598. The molecule has 2 heterocycles. The summed E-state index contributed by atoms with van der Waals surface area (Å²) in [5.41, 5.74) is 3.88. The minimum Gasteiger partial charge on any atom is -0.508 e. The van der Waals surface area contributed by atoms with E-state index in [9.17, 15) is 9.90 Å². The summed E-state index contributed by atoms with van der Waals surface area (Å²) in [5, 5.41) is 10.6. The lowest BCUT2D eigenvalue weighted by Gasteiger charge is -2.12. The largest absolute Gasteiger partial charge is 0.508 e. The van der Waals surface area contributed by atoms with E-state index in [-0.39, 0.29) is 11.3 Å². The van der Waals surface area contributed by atoms with E-state index < -0.39 is 0 Å². The summed E-state index contributed by atoms with van der Waals surface area (Å²) < 4.78 is 5.23. The third kappa shape index (κ3) is 2.48. The third-order valence-electron chi connectivity index (χ3n) is 4.13. The highest BCUT2D eigenvalue weighted by atomic mass is 16.3. The number of fused-ring (bicyclic) bond motifs is 1. The first-order valence-corrected chi connectivity index (χ1v) is 7.67. The van der Waals surface area contributed by atoms with Crippen LogP contribution in [0.2, 0.25) is 0 Å². The molecule has 0 radical (unpaired) electrons. The fourth-order valence-electron chi connectivity index (χ4n) is 3.03. The highest BCUT2D eigenvalue weighted by Gasteiger charge is 2.16. The number of H-pyrrole nitrogens is 1. The SMILES string of the molecule is O=c1[nH]c2cc(O)ccc2c(-c2ccoc2)c1Cc1ccccc1. The molecule has 4 nitrogen and oxygen atoms in total. The molecule has 0 amide bonds. The number of aromatic hydroxyl groups is 1. The van der Waals surface area contributed by atoms with Crippen molar-refractivity contribution in [3.8, 4) is 16.9 Å². The number of hydrogen-bond acceptors (Lipinski definition) is 3. The molecule has 0 saturated carbocycles. The van der Waals surface area contributed by atoms with E-state index in [2.05, 4.69) is 4.98 Å². The predicted molar refractivity (Wildman–Crippen MR) is 93.2 cm³/mol. The summed E-state index contributed by atoms with van der Waals surface area (Å²) in [6.45, 7) is 0. The maximum Gasteiger partial charge on any atom is 0.252 e. The van der Waals surface area contributed by atoms with Gasteiger partial charge in [0, 0.05) is 34.6 Å². The van der Waals surface area contributed by atoms with Crippen LogP contribution in [0.3, 0.4) is 0 Å². The smallest absolute Gasteiger partial charge is 0.252 e. The summed E-state index contributed by atoms with van der Waals surface area (Å²) in [5.74, 6) is 0.118. The van der Waals surface area contributed by atoms with Crippen LogP contribution in [0.4, 0.5) is 0 Å². The Morgan fingerprint density at radius 1 is 1.04 bits per heavy atom. The molecule has 2 aromatic heterocycles. The third-order valence-corrected chi connectivity index (χ3v) is 4.13. The lowest BCUT2D eigenvalue weighted by atomic mass is 9.94. The van der Waals surface area contributed by atoms with Crippen molar-refractivity contribution in [2.45, 2.75) is 6.42 Å². The van der Waals surface area contributed by atoms with Crippen molar-refractivity contribution in [3.05, 3.63) is 88.6 Å². The average molecular weight is 317 g/mol. The lowest BCUT2D eigenvalue weighted by Crippen LogP contribution is -2.15. The molecular formula is C20H15NO3. The standard InChI is InChI=1S/C20H15NO3/c22-15-6-7-16-18(11-15)21-20(23)17(10-13-4-2-1-3-5-13)19(16)14-8-9-24-12-14/h1-9,11-12,22H,10H2,(H,21,23). The van der Waals surface area contributed by atoms with Crippen LogP contribution < -0.4 is 5.56 Å². The molecule has 0 saturated heterocycles. The van der Waals surface area contributed by atoms with E-state index in [1.165, 1.54) is 0 Å². The number of phenols is 1. The molecule has 0 fully saturated rings. The molecule has 118 valence electrons.